The molecule has 106 valence electrons. The van der Waals surface area contributed by atoms with Crippen LogP contribution in [0.1, 0.15) is 22.9 Å². The van der Waals surface area contributed by atoms with E-state index in [2.05, 4.69) is 38.4 Å². The first kappa shape index (κ1) is 14.0. The molecule has 0 fully saturated rings. The van der Waals surface area contributed by atoms with Crippen LogP contribution in [0, 0.1) is 6.92 Å². The Hall–Kier alpha value is -1.98. The molecule has 0 aliphatic carbocycles. The molecule has 0 bridgehead atoms. The van der Waals surface area contributed by atoms with Crippen LogP contribution in [0.25, 0.3) is 5.69 Å². The zero-order valence-electron chi connectivity index (χ0n) is 11.6. The van der Waals surface area contributed by atoms with Crippen molar-refractivity contribution in [2.75, 3.05) is 0 Å². The Kier molecular flexibility index (Phi) is 3.86. The second kappa shape index (κ2) is 5.79. The van der Waals surface area contributed by atoms with Crippen molar-refractivity contribution in [2.45, 2.75) is 13.0 Å². The number of hydrogen-bond donors (Lipinski definition) is 1. The molecule has 4 nitrogen and oxygen atoms in total. The second-order valence-corrected chi connectivity index (χ2v) is 5.86. The predicted octanol–water partition coefficient (Wildman–Crippen LogP) is 3.39. The molecule has 21 heavy (non-hydrogen) atoms. The fraction of sp³-hybridized carbons (Fsp3) is 0.125. The maximum Gasteiger partial charge on any atom is 0.0858 e. The largest absolute Gasteiger partial charge is 0.319 e. The summed E-state index contributed by atoms with van der Waals surface area (Å²) in [5, 5.41) is 8.16. The molecule has 0 amide bonds. The summed E-state index contributed by atoms with van der Waals surface area (Å²) >= 11 is 3.51. The molecule has 0 radical (unpaired) electrons. The smallest absolute Gasteiger partial charge is 0.0858 e. The van der Waals surface area contributed by atoms with E-state index < -0.39 is 0 Å². The molecule has 2 aromatic carbocycles. The zero-order chi connectivity index (χ0) is 14.8. The Morgan fingerprint density at radius 1 is 1.14 bits per heavy atom. The molecule has 1 unspecified atom stereocenters. The standard InChI is InChI=1S/C16H15BrN4/c1-11-7-12(9-13(17)8-11)16(18)15-10-19-20-21(15)14-5-3-2-4-6-14/h2-10,16H,18H2,1H3. The van der Waals surface area contributed by atoms with Crippen molar-refractivity contribution in [1.29, 1.82) is 0 Å². The van der Waals surface area contributed by atoms with Gasteiger partial charge in [-0.15, -0.1) is 5.10 Å². The van der Waals surface area contributed by atoms with Crippen molar-refractivity contribution >= 4 is 15.9 Å². The minimum atomic E-state index is -0.281. The molecular weight excluding hydrogens is 328 g/mol. The third-order valence-electron chi connectivity index (χ3n) is 3.32. The van der Waals surface area contributed by atoms with Gasteiger partial charge >= 0.3 is 0 Å². The van der Waals surface area contributed by atoms with E-state index in [1.54, 1.807) is 10.9 Å². The molecule has 1 aromatic heterocycles. The molecule has 0 aliphatic rings. The molecule has 3 rings (SSSR count). The fourth-order valence-electron chi connectivity index (χ4n) is 2.34. The van der Waals surface area contributed by atoms with Gasteiger partial charge in [-0.05, 0) is 42.3 Å². The van der Waals surface area contributed by atoms with Gasteiger partial charge in [0, 0.05) is 4.47 Å². The van der Waals surface area contributed by atoms with Crippen LogP contribution >= 0.6 is 15.9 Å². The van der Waals surface area contributed by atoms with Gasteiger partial charge in [0.25, 0.3) is 0 Å². The van der Waals surface area contributed by atoms with Gasteiger partial charge in [0.15, 0.2) is 0 Å². The number of nitrogens with zero attached hydrogens (tertiary/aromatic N) is 3. The summed E-state index contributed by atoms with van der Waals surface area (Å²) in [5.41, 5.74) is 10.4. The summed E-state index contributed by atoms with van der Waals surface area (Å²) in [6.45, 7) is 2.05. The van der Waals surface area contributed by atoms with Crippen LogP contribution in [0.2, 0.25) is 0 Å². The molecule has 1 atom stereocenters. The van der Waals surface area contributed by atoms with Crippen LogP contribution in [-0.2, 0) is 0 Å². The van der Waals surface area contributed by atoms with Gasteiger partial charge in [-0.3, -0.25) is 0 Å². The molecule has 0 saturated heterocycles. The van der Waals surface area contributed by atoms with E-state index >= 15 is 0 Å². The molecule has 0 aliphatic heterocycles. The minimum Gasteiger partial charge on any atom is -0.319 e. The Morgan fingerprint density at radius 2 is 1.90 bits per heavy atom. The van der Waals surface area contributed by atoms with E-state index in [4.69, 9.17) is 5.73 Å². The number of para-hydroxylation sites is 1. The molecule has 0 spiro atoms. The molecule has 1 heterocycles. The number of hydrogen-bond acceptors (Lipinski definition) is 3. The van der Waals surface area contributed by atoms with Crippen LogP contribution in [-0.4, -0.2) is 15.0 Å². The first-order valence-electron chi connectivity index (χ1n) is 6.64. The molecule has 2 N–H and O–H groups in total. The van der Waals surface area contributed by atoms with E-state index in [0.717, 1.165) is 27.0 Å². The molecule has 3 aromatic rings. The van der Waals surface area contributed by atoms with Crippen LogP contribution in [0.5, 0.6) is 0 Å². The lowest BCUT2D eigenvalue weighted by atomic mass is 10.0. The third kappa shape index (κ3) is 2.89. The van der Waals surface area contributed by atoms with Gasteiger partial charge < -0.3 is 5.73 Å². The Morgan fingerprint density at radius 3 is 2.62 bits per heavy atom. The summed E-state index contributed by atoms with van der Waals surface area (Å²) in [6, 6.07) is 15.8. The number of aryl methyl sites for hydroxylation is 1. The quantitative estimate of drug-likeness (QED) is 0.793. The van der Waals surface area contributed by atoms with Crippen molar-refractivity contribution < 1.29 is 0 Å². The van der Waals surface area contributed by atoms with Gasteiger partial charge in [0.1, 0.15) is 0 Å². The Balaban J connectivity index is 2.03. The van der Waals surface area contributed by atoms with Gasteiger partial charge in [-0.25, -0.2) is 4.68 Å². The summed E-state index contributed by atoms with van der Waals surface area (Å²) in [7, 11) is 0. The topological polar surface area (TPSA) is 56.7 Å². The van der Waals surface area contributed by atoms with Crippen molar-refractivity contribution in [3.63, 3.8) is 0 Å². The van der Waals surface area contributed by atoms with Crippen molar-refractivity contribution in [2.24, 2.45) is 5.73 Å². The number of aromatic nitrogens is 3. The highest BCUT2D eigenvalue weighted by atomic mass is 79.9. The number of nitrogens with two attached hydrogens (primary N) is 1. The maximum absolute atomic E-state index is 6.42. The average molecular weight is 343 g/mol. The summed E-state index contributed by atoms with van der Waals surface area (Å²) < 4.78 is 2.80. The highest BCUT2D eigenvalue weighted by molar-refractivity contribution is 9.10. The highest BCUT2D eigenvalue weighted by Gasteiger charge is 2.16. The lowest BCUT2D eigenvalue weighted by molar-refractivity contribution is 0.719. The van der Waals surface area contributed by atoms with Crippen molar-refractivity contribution in [3.05, 3.63) is 76.0 Å². The molecule has 5 heteroatoms. The normalized spacial score (nSPS) is 12.3. The third-order valence-corrected chi connectivity index (χ3v) is 3.78. The zero-order valence-corrected chi connectivity index (χ0v) is 13.2. The fourth-order valence-corrected chi connectivity index (χ4v) is 2.97. The van der Waals surface area contributed by atoms with Gasteiger partial charge in [0.05, 0.1) is 23.6 Å². The predicted molar refractivity (Wildman–Crippen MR) is 86.3 cm³/mol. The van der Waals surface area contributed by atoms with Crippen LogP contribution < -0.4 is 5.73 Å². The van der Waals surface area contributed by atoms with Crippen LogP contribution in [0.3, 0.4) is 0 Å². The Bertz CT molecular complexity index is 732. The van der Waals surface area contributed by atoms with Gasteiger partial charge in [-0.1, -0.05) is 45.4 Å². The lowest BCUT2D eigenvalue weighted by Gasteiger charge is -2.15. The molecular formula is C16H15BrN4. The summed E-state index contributed by atoms with van der Waals surface area (Å²) in [6.07, 6.45) is 1.72. The first-order chi connectivity index (χ1) is 10.1. The maximum atomic E-state index is 6.42. The highest BCUT2D eigenvalue weighted by Crippen LogP contribution is 2.25. The van der Waals surface area contributed by atoms with Crippen molar-refractivity contribution in [1.82, 2.24) is 15.0 Å². The second-order valence-electron chi connectivity index (χ2n) is 4.95. The van der Waals surface area contributed by atoms with E-state index in [1.165, 1.54) is 0 Å². The van der Waals surface area contributed by atoms with E-state index in [1.807, 2.05) is 43.3 Å². The number of rotatable bonds is 3. The summed E-state index contributed by atoms with van der Waals surface area (Å²) in [5.74, 6) is 0. The lowest BCUT2D eigenvalue weighted by Crippen LogP contribution is -2.17. The first-order valence-corrected chi connectivity index (χ1v) is 7.43. The monoisotopic (exact) mass is 342 g/mol. The number of benzene rings is 2. The average Bonchev–Trinajstić information content (AvgIpc) is 2.95. The summed E-state index contributed by atoms with van der Waals surface area (Å²) in [4.78, 5) is 0. The Labute approximate surface area is 131 Å². The van der Waals surface area contributed by atoms with Crippen molar-refractivity contribution in [3.8, 4) is 5.69 Å². The van der Waals surface area contributed by atoms with Gasteiger partial charge in [0.2, 0.25) is 0 Å². The van der Waals surface area contributed by atoms with Crippen LogP contribution in [0.4, 0.5) is 0 Å². The van der Waals surface area contributed by atoms with Crippen LogP contribution in [0.15, 0.2) is 59.2 Å². The van der Waals surface area contributed by atoms with Gasteiger partial charge in [-0.2, -0.15) is 0 Å². The van der Waals surface area contributed by atoms with E-state index in [-0.39, 0.29) is 6.04 Å². The van der Waals surface area contributed by atoms with E-state index in [0.29, 0.717) is 0 Å². The SMILES string of the molecule is Cc1cc(Br)cc(C(N)c2cnnn2-c2ccccc2)c1. The number of halogens is 1. The minimum absolute atomic E-state index is 0.281. The molecule has 0 saturated carbocycles. The van der Waals surface area contributed by atoms with E-state index in [9.17, 15) is 0 Å².